The van der Waals surface area contributed by atoms with E-state index in [1.165, 1.54) is 54.8 Å². The molecule has 0 fully saturated rings. The molecule has 0 aliphatic carbocycles. The third-order valence-electron chi connectivity index (χ3n) is 6.18. The lowest BCUT2D eigenvalue weighted by molar-refractivity contribution is -0.118. The lowest BCUT2D eigenvalue weighted by Gasteiger charge is -2.37. The molecule has 1 heterocycles. The van der Waals surface area contributed by atoms with Crippen molar-refractivity contribution in [3.8, 4) is 5.75 Å². The van der Waals surface area contributed by atoms with Crippen LogP contribution in [0.15, 0.2) is 52.3 Å². The van der Waals surface area contributed by atoms with Gasteiger partial charge in [-0.05, 0) is 55.7 Å². The molecule has 0 spiro atoms. The number of ether oxygens (including phenoxy) is 1. The number of para-hydroxylation sites is 1. The Morgan fingerprint density at radius 2 is 1.81 bits per heavy atom. The maximum atomic E-state index is 11.5. The SMILES string of the molecule is CCCCC1(CCCC)CSc2cc(OCC(C)=O)c(SC)cc2N(c2ccccc2)C1. The minimum atomic E-state index is 0.0451. The second-order valence-electron chi connectivity index (χ2n) is 8.88. The second kappa shape index (κ2) is 12.0. The first kappa shape index (κ1) is 25.0. The molecule has 1 aliphatic rings. The van der Waals surface area contributed by atoms with E-state index in [1.807, 2.05) is 11.8 Å². The van der Waals surface area contributed by atoms with Crippen LogP contribution >= 0.6 is 23.5 Å². The van der Waals surface area contributed by atoms with Crippen LogP contribution in [0.4, 0.5) is 11.4 Å². The van der Waals surface area contributed by atoms with Crippen molar-refractivity contribution in [2.45, 2.75) is 69.1 Å². The number of benzene rings is 2. The van der Waals surface area contributed by atoms with Crippen LogP contribution in [0, 0.1) is 5.41 Å². The van der Waals surface area contributed by atoms with Crippen LogP contribution in [0.5, 0.6) is 5.75 Å². The largest absolute Gasteiger partial charge is 0.485 e. The van der Waals surface area contributed by atoms with E-state index in [4.69, 9.17) is 4.74 Å². The highest BCUT2D eigenvalue weighted by Crippen LogP contribution is 2.49. The molecule has 2 aromatic carbocycles. The van der Waals surface area contributed by atoms with Crippen molar-refractivity contribution in [3.63, 3.8) is 0 Å². The van der Waals surface area contributed by atoms with Crippen LogP contribution < -0.4 is 9.64 Å². The van der Waals surface area contributed by atoms with Crippen molar-refractivity contribution in [1.82, 2.24) is 0 Å². The number of rotatable bonds is 11. The standard InChI is InChI=1S/C27H37NO2S2/c1-5-7-14-27(15-8-6-2)19-28(22-12-10-9-11-13-22)23-16-26(31-4)24(30-18-21(3)29)17-25(23)32-20-27/h9-13,16-17H,5-8,14-15,18-20H2,1-4H3. The van der Waals surface area contributed by atoms with Crippen LogP contribution in [0.3, 0.4) is 0 Å². The highest BCUT2D eigenvalue weighted by Gasteiger charge is 2.36. The molecule has 174 valence electrons. The fourth-order valence-corrected chi connectivity index (χ4v) is 6.27. The Hall–Kier alpha value is -1.59. The van der Waals surface area contributed by atoms with Crippen molar-refractivity contribution in [2.75, 3.05) is 30.1 Å². The molecule has 2 aromatic rings. The van der Waals surface area contributed by atoms with E-state index >= 15 is 0 Å². The van der Waals surface area contributed by atoms with Crippen molar-refractivity contribution in [2.24, 2.45) is 5.41 Å². The zero-order valence-corrected chi connectivity index (χ0v) is 21.6. The zero-order valence-electron chi connectivity index (χ0n) is 20.0. The lowest BCUT2D eigenvalue weighted by atomic mass is 9.79. The molecule has 0 amide bonds. The molecule has 0 saturated carbocycles. The average molecular weight is 472 g/mol. The summed E-state index contributed by atoms with van der Waals surface area (Å²) in [6, 6.07) is 15.2. The van der Waals surface area contributed by atoms with E-state index in [0.29, 0.717) is 0 Å². The molecule has 32 heavy (non-hydrogen) atoms. The summed E-state index contributed by atoms with van der Waals surface area (Å²) in [7, 11) is 0. The Morgan fingerprint density at radius 1 is 1.12 bits per heavy atom. The molecule has 0 atom stereocenters. The van der Waals surface area contributed by atoms with E-state index in [1.54, 1.807) is 18.7 Å². The minimum absolute atomic E-state index is 0.0451. The Bertz CT molecular complexity index is 877. The maximum absolute atomic E-state index is 11.5. The number of hydrogen-bond acceptors (Lipinski definition) is 5. The van der Waals surface area contributed by atoms with Gasteiger partial charge in [-0.1, -0.05) is 57.7 Å². The topological polar surface area (TPSA) is 29.5 Å². The highest BCUT2D eigenvalue weighted by molar-refractivity contribution is 7.99. The number of fused-ring (bicyclic) bond motifs is 1. The number of Topliss-reactive ketones (excluding diaryl/α,β-unsaturated/α-hetero) is 1. The number of nitrogens with zero attached hydrogens (tertiary/aromatic N) is 1. The van der Waals surface area contributed by atoms with Gasteiger partial charge in [0.2, 0.25) is 0 Å². The van der Waals surface area contributed by atoms with Crippen LogP contribution in [0.1, 0.15) is 59.3 Å². The molecule has 0 radical (unpaired) electrons. The average Bonchev–Trinajstić information content (AvgIpc) is 2.97. The number of thioether (sulfide) groups is 2. The van der Waals surface area contributed by atoms with Gasteiger partial charge in [0.1, 0.15) is 12.4 Å². The van der Waals surface area contributed by atoms with Crippen LogP contribution in [0.2, 0.25) is 0 Å². The van der Waals surface area contributed by atoms with Crippen molar-refractivity contribution in [1.29, 1.82) is 0 Å². The van der Waals surface area contributed by atoms with Gasteiger partial charge >= 0.3 is 0 Å². The third kappa shape index (κ3) is 6.26. The van der Waals surface area contributed by atoms with Gasteiger partial charge in [-0.25, -0.2) is 0 Å². The molecule has 0 aromatic heterocycles. The van der Waals surface area contributed by atoms with Gasteiger partial charge < -0.3 is 9.64 Å². The molecular weight excluding hydrogens is 434 g/mol. The summed E-state index contributed by atoms with van der Waals surface area (Å²) in [5.74, 6) is 1.99. The molecule has 0 N–H and O–H groups in total. The molecular formula is C27H37NO2S2. The third-order valence-corrected chi connectivity index (χ3v) is 8.34. The van der Waals surface area contributed by atoms with E-state index in [-0.39, 0.29) is 17.8 Å². The molecule has 1 aliphatic heterocycles. The quantitative estimate of drug-likeness (QED) is 0.310. The number of unbranched alkanes of at least 4 members (excludes halogenated alkanes) is 2. The van der Waals surface area contributed by atoms with Gasteiger partial charge in [-0.2, -0.15) is 0 Å². The van der Waals surface area contributed by atoms with Crippen molar-refractivity contribution in [3.05, 3.63) is 42.5 Å². The first-order valence-electron chi connectivity index (χ1n) is 11.8. The monoisotopic (exact) mass is 471 g/mol. The fourth-order valence-electron chi connectivity index (χ4n) is 4.38. The fraction of sp³-hybridized carbons (Fsp3) is 0.519. The van der Waals surface area contributed by atoms with E-state index in [0.717, 1.165) is 22.9 Å². The Labute approximate surface area is 202 Å². The molecule has 5 heteroatoms. The van der Waals surface area contributed by atoms with E-state index in [2.05, 4.69) is 67.5 Å². The van der Waals surface area contributed by atoms with Crippen LogP contribution in [-0.4, -0.2) is 30.9 Å². The van der Waals surface area contributed by atoms with Gasteiger partial charge in [0, 0.05) is 22.9 Å². The van der Waals surface area contributed by atoms with Crippen molar-refractivity contribution >= 4 is 40.7 Å². The normalized spacial score (nSPS) is 15.2. The number of hydrogen-bond donors (Lipinski definition) is 0. The first-order chi connectivity index (χ1) is 15.5. The predicted octanol–water partition coefficient (Wildman–Crippen LogP) is 7.99. The summed E-state index contributed by atoms with van der Waals surface area (Å²) in [4.78, 5) is 16.4. The first-order valence-corrected chi connectivity index (χ1v) is 14.0. The van der Waals surface area contributed by atoms with Gasteiger partial charge in [0.15, 0.2) is 5.78 Å². The molecule has 0 saturated heterocycles. The summed E-state index contributed by atoms with van der Waals surface area (Å²) in [5.41, 5.74) is 2.79. The Kier molecular flexibility index (Phi) is 9.42. The Balaban J connectivity index is 2.07. The molecule has 0 bridgehead atoms. The molecule has 3 rings (SSSR count). The predicted molar refractivity (Wildman–Crippen MR) is 140 cm³/mol. The van der Waals surface area contributed by atoms with E-state index in [9.17, 15) is 4.79 Å². The minimum Gasteiger partial charge on any atom is -0.485 e. The van der Waals surface area contributed by atoms with Crippen LogP contribution in [0.25, 0.3) is 0 Å². The van der Waals surface area contributed by atoms with E-state index < -0.39 is 0 Å². The van der Waals surface area contributed by atoms with Gasteiger partial charge in [0.25, 0.3) is 0 Å². The lowest BCUT2D eigenvalue weighted by Crippen LogP contribution is -2.36. The summed E-state index contributed by atoms with van der Waals surface area (Å²) >= 11 is 3.65. The van der Waals surface area contributed by atoms with Gasteiger partial charge in [-0.15, -0.1) is 23.5 Å². The second-order valence-corrected chi connectivity index (χ2v) is 10.7. The highest BCUT2D eigenvalue weighted by atomic mass is 32.2. The van der Waals surface area contributed by atoms with Crippen molar-refractivity contribution < 1.29 is 9.53 Å². The number of ketones is 1. The number of anilines is 2. The van der Waals surface area contributed by atoms with Crippen LogP contribution in [-0.2, 0) is 4.79 Å². The molecule has 3 nitrogen and oxygen atoms in total. The smallest absolute Gasteiger partial charge is 0.167 e. The maximum Gasteiger partial charge on any atom is 0.167 e. The number of carbonyl (C=O) groups is 1. The zero-order chi connectivity index (χ0) is 23.0. The summed E-state index contributed by atoms with van der Waals surface area (Å²) in [6.07, 6.45) is 9.60. The summed E-state index contributed by atoms with van der Waals surface area (Å²) in [6.45, 7) is 7.33. The van der Waals surface area contributed by atoms with Gasteiger partial charge in [0.05, 0.1) is 10.6 Å². The summed E-state index contributed by atoms with van der Waals surface area (Å²) < 4.78 is 5.92. The summed E-state index contributed by atoms with van der Waals surface area (Å²) in [5, 5.41) is 0. The molecule has 0 unspecified atom stereocenters. The number of carbonyl (C=O) groups excluding carboxylic acids is 1. The van der Waals surface area contributed by atoms with Gasteiger partial charge in [-0.3, -0.25) is 4.79 Å². The Morgan fingerprint density at radius 3 is 2.41 bits per heavy atom.